The summed E-state index contributed by atoms with van der Waals surface area (Å²) >= 11 is 5.19. The first kappa shape index (κ1) is 13.4. The molecule has 0 unspecified atom stereocenters. The second-order valence-electron chi connectivity index (χ2n) is 3.72. The number of nitrogens with zero attached hydrogens (tertiary/aromatic N) is 2. The van der Waals surface area contributed by atoms with E-state index in [4.69, 9.17) is 0 Å². The molecule has 0 bridgehead atoms. The standard InChI is InChI=1S/C13H14BrN3S/c1-3-15-12-9(2)13(17-8-16-12)18-11-7-5-4-6-10(11)14/h4-8H,3H2,1-2H3,(H,15,16,17). The molecule has 0 fully saturated rings. The van der Waals surface area contributed by atoms with Crippen LogP contribution in [0.2, 0.25) is 0 Å². The van der Waals surface area contributed by atoms with E-state index in [0.717, 1.165) is 32.3 Å². The Morgan fingerprint density at radius 1 is 1.28 bits per heavy atom. The highest BCUT2D eigenvalue weighted by Gasteiger charge is 2.09. The smallest absolute Gasteiger partial charge is 0.133 e. The SMILES string of the molecule is CCNc1ncnc(Sc2ccccc2Br)c1C. The van der Waals surface area contributed by atoms with Crippen molar-refractivity contribution in [2.45, 2.75) is 23.8 Å². The number of hydrogen-bond acceptors (Lipinski definition) is 4. The molecule has 2 aromatic rings. The van der Waals surface area contributed by atoms with Gasteiger partial charge in [-0.05, 0) is 41.9 Å². The van der Waals surface area contributed by atoms with Crippen LogP contribution in [0.25, 0.3) is 0 Å². The van der Waals surface area contributed by atoms with Crippen molar-refractivity contribution < 1.29 is 0 Å². The van der Waals surface area contributed by atoms with Crippen molar-refractivity contribution >= 4 is 33.5 Å². The van der Waals surface area contributed by atoms with Crippen molar-refractivity contribution in [3.05, 3.63) is 40.6 Å². The minimum absolute atomic E-state index is 0.858. The molecule has 0 radical (unpaired) electrons. The quantitative estimate of drug-likeness (QED) is 0.858. The molecule has 0 atom stereocenters. The second-order valence-corrected chi connectivity index (χ2v) is 5.60. The molecule has 3 nitrogen and oxygen atoms in total. The third-order valence-electron chi connectivity index (χ3n) is 2.43. The molecular formula is C13H14BrN3S. The minimum atomic E-state index is 0.858. The molecule has 5 heteroatoms. The number of aromatic nitrogens is 2. The normalized spacial score (nSPS) is 10.4. The van der Waals surface area contributed by atoms with E-state index in [-0.39, 0.29) is 0 Å². The van der Waals surface area contributed by atoms with Crippen molar-refractivity contribution in [2.24, 2.45) is 0 Å². The van der Waals surface area contributed by atoms with Gasteiger partial charge < -0.3 is 5.32 Å². The van der Waals surface area contributed by atoms with Gasteiger partial charge in [-0.1, -0.05) is 23.9 Å². The Morgan fingerprint density at radius 2 is 2.06 bits per heavy atom. The van der Waals surface area contributed by atoms with Gasteiger partial charge in [0.1, 0.15) is 17.2 Å². The largest absolute Gasteiger partial charge is 0.370 e. The fourth-order valence-corrected chi connectivity index (χ4v) is 2.91. The Hall–Kier alpha value is -1.07. The Kier molecular flexibility index (Phi) is 4.60. The summed E-state index contributed by atoms with van der Waals surface area (Å²) in [5, 5.41) is 4.22. The molecule has 1 aromatic carbocycles. The van der Waals surface area contributed by atoms with Crippen LogP contribution in [-0.2, 0) is 0 Å². The third kappa shape index (κ3) is 3.03. The maximum Gasteiger partial charge on any atom is 0.133 e. The van der Waals surface area contributed by atoms with Crippen LogP contribution < -0.4 is 5.32 Å². The van der Waals surface area contributed by atoms with Crippen LogP contribution in [0, 0.1) is 6.92 Å². The van der Waals surface area contributed by atoms with Crippen LogP contribution in [0.1, 0.15) is 12.5 Å². The van der Waals surface area contributed by atoms with Gasteiger partial charge in [0.15, 0.2) is 0 Å². The average Bonchev–Trinajstić information content (AvgIpc) is 2.37. The molecule has 0 saturated carbocycles. The van der Waals surface area contributed by atoms with E-state index < -0.39 is 0 Å². The molecule has 18 heavy (non-hydrogen) atoms. The molecule has 0 aliphatic heterocycles. The predicted octanol–water partition coefficient (Wildman–Crippen LogP) is 4.13. The summed E-state index contributed by atoms with van der Waals surface area (Å²) in [5.41, 5.74) is 1.08. The summed E-state index contributed by atoms with van der Waals surface area (Å²) in [6.45, 7) is 4.95. The first-order chi connectivity index (χ1) is 8.72. The molecule has 0 spiro atoms. The van der Waals surface area contributed by atoms with Gasteiger partial charge in [0.25, 0.3) is 0 Å². The first-order valence-electron chi connectivity index (χ1n) is 5.70. The van der Waals surface area contributed by atoms with Gasteiger partial charge in [-0.3, -0.25) is 0 Å². The van der Waals surface area contributed by atoms with Crippen molar-refractivity contribution in [1.82, 2.24) is 9.97 Å². The zero-order valence-electron chi connectivity index (χ0n) is 10.3. The first-order valence-corrected chi connectivity index (χ1v) is 7.31. The van der Waals surface area contributed by atoms with Gasteiger partial charge in [0, 0.05) is 21.5 Å². The summed E-state index contributed by atoms with van der Waals surface area (Å²) in [4.78, 5) is 9.75. The molecule has 0 amide bonds. The molecule has 2 rings (SSSR count). The topological polar surface area (TPSA) is 37.8 Å². The van der Waals surface area contributed by atoms with E-state index in [1.54, 1.807) is 18.1 Å². The van der Waals surface area contributed by atoms with Crippen LogP contribution >= 0.6 is 27.7 Å². The molecule has 0 saturated heterocycles. The Morgan fingerprint density at radius 3 is 2.78 bits per heavy atom. The van der Waals surface area contributed by atoms with Crippen molar-refractivity contribution in [2.75, 3.05) is 11.9 Å². The maximum absolute atomic E-state index is 4.35. The Balaban J connectivity index is 2.30. The van der Waals surface area contributed by atoms with E-state index in [9.17, 15) is 0 Å². The minimum Gasteiger partial charge on any atom is -0.370 e. The number of anilines is 1. The zero-order chi connectivity index (χ0) is 13.0. The molecule has 1 aromatic heterocycles. The van der Waals surface area contributed by atoms with Crippen molar-refractivity contribution in [3.8, 4) is 0 Å². The Bertz CT molecular complexity index is 546. The second kappa shape index (κ2) is 6.20. The third-order valence-corrected chi connectivity index (χ3v) is 4.56. The lowest BCUT2D eigenvalue weighted by Crippen LogP contribution is -2.03. The molecule has 0 aliphatic carbocycles. The van der Waals surface area contributed by atoms with E-state index in [2.05, 4.69) is 44.2 Å². The lowest BCUT2D eigenvalue weighted by Gasteiger charge is -2.10. The molecular weight excluding hydrogens is 310 g/mol. The van der Waals surface area contributed by atoms with Crippen LogP contribution in [0.4, 0.5) is 5.82 Å². The molecule has 94 valence electrons. The number of rotatable bonds is 4. The lowest BCUT2D eigenvalue weighted by atomic mass is 10.3. The predicted molar refractivity (Wildman–Crippen MR) is 79.2 cm³/mol. The molecule has 1 N–H and O–H groups in total. The highest BCUT2D eigenvalue weighted by molar-refractivity contribution is 9.10. The highest BCUT2D eigenvalue weighted by atomic mass is 79.9. The van der Waals surface area contributed by atoms with Crippen molar-refractivity contribution in [1.29, 1.82) is 0 Å². The van der Waals surface area contributed by atoms with Crippen molar-refractivity contribution in [3.63, 3.8) is 0 Å². The van der Waals surface area contributed by atoms with E-state index >= 15 is 0 Å². The van der Waals surface area contributed by atoms with Gasteiger partial charge in [0.2, 0.25) is 0 Å². The van der Waals surface area contributed by atoms with E-state index in [1.165, 1.54) is 0 Å². The number of hydrogen-bond donors (Lipinski definition) is 1. The van der Waals surface area contributed by atoms with Crippen LogP contribution in [-0.4, -0.2) is 16.5 Å². The van der Waals surface area contributed by atoms with Gasteiger partial charge in [-0.2, -0.15) is 0 Å². The summed E-state index contributed by atoms with van der Waals surface area (Å²) in [5.74, 6) is 0.905. The van der Waals surface area contributed by atoms with Gasteiger partial charge >= 0.3 is 0 Å². The van der Waals surface area contributed by atoms with E-state index in [1.807, 2.05) is 25.1 Å². The van der Waals surface area contributed by atoms with Crippen LogP contribution in [0.3, 0.4) is 0 Å². The van der Waals surface area contributed by atoms with Gasteiger partial charge in [-0.15, -0.1) is 0 Å². The fraction of sp³-hybridized carbons (Fsp3) is 0.231. The summed E-state index contributed by atoms with van der Waals surface area (Å²) in [6, 6.07) is 8.13. The van der Waals surface area contributed by atoms with Crippen LogP contribution in [0.5, 0.6) is 0 Å². The summed E-state index contributed by atoms with van der Waals surface area (Å²) < 4.78 is 1.08. The zero-order valence-corrected chi connectivity index (χ0v) is 12.7. The lowest BCUT2D eigenvalue weighted by molar-refractivity contribution is 0.990. The van der Waals surface area contributed by atoms with Gasteiger partial charge in [0.05, 0.1) is 0 Å². The number of benzene rings is 1. The van der Waals surface area contributed by atoms with E-state index in [0.29, 0.717) is 0 Å². The maximum atomic E-state index is 4.35. The van der Waals surface area contributed by atoms with Gasteiger partial charge in [-0.25, -0.2) is 9.97 Å². The monoisotopic (exact) mass is 323 g/mol. The fourth-order valence-electron chi connectivity index (χ4n) is 1.51. The number of nitrogens with one attached hydrogen (secondary N) is 1. The summed E-state index contributed by atoms with van der Waals surface area (Å²) in [7, 11) is 0. The molecule has 0 aliphatic rings. The highest BCUT2D eigenvalue weighted by Crippen LogP contribution is 2.34. The summed E-state index contributed by atoms with van der Waals surface area (Å²) in [6.07, 6.45) is 1.60. The number of halogens is 1. The average molecular weight is 324 g/mol. The van der Waals surface area contributed by atoms with Crippen LogP contribution in [0.15, 0.2) is 45.0 Å². The Labute approximate surface area is 120 Å². The molecule has 1 heterocycles.